The number of benzene rings is 1. The smallest absolute Gasteiger partial charge is 0.257 e. The van der Waals surface area contributed by atoms with Crippen molar-refractivity contribution in [3.05, 3.63) is 28.8 Å². The molecule has 21 heavy (non-hydrogen) atoms. The molecule has 2 aliphatic carbocycles. The zero-order valence-corrected chi connectivity index (χ0v) is 12.8. The Morgan fingerprint density at radius 2 is 2.10 bits per heavy atom. The van der Waals surface area contributed by atoms with Crippen molar-refractivity contribution in [1.82, 2.24) is 10.6 Å². The number of carbonyl (C=O) groups excluding carboxylic acids is 1. The molecule has 5 heteroatoms. The largest absolute Gasteiger partial charge is 0.483 e. The fourth-order valence-electron chi connectivity index (χ4n) is 2.15. The van der Waals surface area contributed by atoms with Crippen LogP contribution in [0.2, 0.25) is 5.02 Å². The third-order valence-electron chi connectivity index (χ3n) is 3.86. The summed E-state index contributed by atoms with van der Waals surface area (Å²) >= 11 is 6.24. The van der Waals surface area contributed by atoms with Gasteiger partial charge >= 0.3 is 0 Å². The van der Waals surface area contributed by atoms with Crippen LogP contribution < -0.4 is 15.4 Å². The maximum Gasteiger partial charge on any atom is 0.257 e. The quantitative estimate of drug-likeness (QED) is 0.776. The normalized spacial score (nSPS) is 17.6. The molecule has 2 saturated carbocycles. The lowest BCUT2D eigenvalue weighted by atomic mass is 10.2. The zero-order chi connectivity index (χ0) is 14.7. The van der Waals surface area contributed by atoms with Crippen LogP contribution in [0, 0.1) is 5.92 Å². The van der Waals surface area contributed by atoms with Crippen molar-refractivity contribution in [2.24, 2.45) is 5.92 Å². The average molecular weight is 309 g/mol. The first-order valence-corrected chi connectivity index (χ1v) is 8.00. The van der Waals surface area contributed by atoms with Crippen LogP contribution in [0.15, 0.2) is 18.2 Å². The van der Waals surface area contributed by atoms with Crippen molar-refractivity contribution in [3.63, 3.8) is 0 Å². The zero-order valence-electron chi connectivity index (χ0n) is 12.0. The van der Waals surface area contributed by atoms with Gasteiger partial charge in [-0.1, -0.05) is 17.7 Å². The number of ether oxygens (including phenoxy) is 1. The van der Waals surface area contributed by atoms with Crippen LogP contribution in [-0.2, 0) is 11.3 Å². The van der Waals surface area contributed by atoms with Crippen molar-refractivity contribution >= 4 is 17.5 Å². The molecule has 0 atom stereocenters. The molecule has 0 aliphatic heterocycles. The van der Waals surface area contributed by atoms with Gasteiger partial charge in [0.15, 0.2) is 6.61 Å². The Labute approximate surface area is 130 Å². The van der Waals surface area contributed by atoms with Gasteiger partial charge in [0.05, 0.1) is 0 Å². The SMILES string of the molecule is O=C(COc1cccc(Cl)c1CNC1CC1)NCC1CC1. The minimum atomic E-state index is -0.0667. The van der Waals surface area contributed by atoms with E-state index < -0.39 is 0 Å². The molecule has 4 nitrogen and oxygen atoms in total. The summed E-state index contributed by atoms with van der Waals surface area (Å²) in [4.78, 5) is 11.7. The molecule has 114 valence electrons. The molecule has 0 saturated heterocycles. The third-order valence-corrected chi connectivity index (χ3v) is 4.22. The highest BCUT2D eigenvalue weighted by Crippen LogP contribution is 2.29. The lowest BCUT2D eigenvalue weighted by Crippen LogP contribution is -2.30. The summed E-state index contributed by atoms with van der Waals surface area (Å²) in [5.41, 5.74) is 0.932. The Morgan fingerprint density at radius 1 is 1.29 bits per heavy atom. The van der Waals surface area contributed by atoms with Gasteiger partial charge in [-0.05, 0) is 43.7 Å². The van der Waals surface area contributed by atoms with Crippen molar-refractivity contribution in [2.45, 2.75) is 38.3 Å². The first-order chi connectivity index (χ1) is 10.2. The Kier molecular flexibility index (Phi) is 4.66. The van der Waals surface area contributed by atoms with E-state index in [4.69, 9.17) is 16.3 Å². The second-order valence-electron chi connectivity index (χ2n) is 5.91. The highest BCUT2D eigenvalue weighted by atomic mass is 35.5. The molecule has 0 radical (unpaired) electrons. The van der Waals surface area contributed by atoms with Gasteiger partial charge in [0, 0.05) is 29.7 Å². The number of hydrogen-bond donors (Lipinski definition) is 2. The monoisotopic (exact) mass is 308 g/mol. The highest BCUT2D eigenvalue weighted by Gasteiger charge is 2.22. The molecule has 1 amide bonds. The van der Waals surface area contributed by atoms with Gasteiger partial charge in [-0.3, -0.25) is 4.79 Å². The van der Waals surface area contributed by atoms with Gasteiger partial charge in [0.1, 0.15) is 5.75 Å². The van der Waals surface area contributed by atoms with Gasteiger partial charge in [0.25, 0.3) is 5.91 Å². The first kappa shape index (κ1) is 14.7. The van der Waals surface area contributed by atoms with Gasteiger partial charge in [-0.25, -0.2) is 0 Å². The Morgan fingerprint density at radius 3 is 2.81 bits per heavy atom. The van der Waals surface area contributed by atoms with Crippen LogP contribution in [0.3, 0.4) is 0 Å². The number of carbonyl (C=O) groups is 1. The molecule has 2 aliphatic rings. The second kappa shape index (κ2) is 6.67. The van der Waals surface area contributed by atoms with E-state index in [1.54, 1.807) is 0 Å². The third kappa shape index (κ3) is 4.61. The van der Waals surface area contributed by atoms with Crippen molar-refractivity contribution < 1.29 is 9.53 Å². The van der Waals surface area contributed by atoms with Crippen LogP contribution in [-0.4, -0.2) is 25.1 Å². The molecular formula is C16H21ClN2O2. The molecule has 0 spiro atoms. The van der Waals surface area contributed by atoms with Gasteiger partial charge in [-0.15, -0.1) is 0 Å². The highest BCUT2D eigenvalue weighted by molar-refractivity contribution is 6.31. The van der Waals surface area contributed by atoms with E-state index in [1.807, 2.05) is 18.2 Å². The molecule has 2 N–H and O–H groups in total. The molecule has 2 fully saturated rings. The topological polar surface area (TPSA) is 50.4 Å². The Bertz CT molecular complexity index is 513. The summed E-state index contributed by atoms with van der Waals surface area (Å²) in [7, 11) is 0. The van der Waals surface area contributed by atoms with Crippen molar-refractivity contribution in [2.75, 3.05) is 13.2 Å². The van der Waals surface area contributed by atoms with Crippen LogP contribution in [0.1, 0.15) is 31.2 Å². The van der Waals surface area contributed by atoms with Crippen LogP contribution in [0.5, 0.6) is 5.75 Å². The lowest BCUT2D eigenvalue weighted by Gasteiger charge is -2.13. The molecule has 0 unspecified atom stereocenters. The van der Waals surface area contributed by atoms with E-state index in [0.717, 1.165) is 12.1 Å². The predicted molar refractivity (Wildman–Crippen MR) is 82.5 cm³/mol. The number of halogens is 1. The molecule has 1 aromatic carbocycles. The molecule has 0 bridgehead atoms. The first-order valence-electron chi connectivity index (χ1n) is 7.62. The molecule has 3 rings (SSSR count). The van der Waals surface area contributed by atoms with Crippen LogP contribution in [0.4, 0.5) is 0 Å². The van der Waals surface area contributed by atoms with E-state index in [2.05, 4.69) is 10.6 Å². The summed E-state index contributed by atoms with van der Waals surface area (Å²) in [5.74, 6) is 1.30. The number of amides is 1. The van der Waals surface area contributed by atoms with Crippen LogP contribution >= 0.6 is 11.6 Å². The summed E-state index contributed by atoms with van der Waals surface area (Å²) in [6, 6.07) is 6.17. The fraction of sp³-hybridized carbons (Fsp3) is 0.562. The fourth-order valence-corrected chi connectivity index (χ4v) is 2.39. The van der Waals surface area contributed by atoms with E-state index >= 15 is 0 Å². The molecular weight excluding hydrogens is 288 g/mol. The molecule has 1 aromatic rings. The van der Waals surface area contributed by atoms with Gasteiger partial charge in [0.2, 0.25) is 0 Å². The number of nitrogens with one attached hydrogen (secondary N) is 2. The minimum Gasteiger partial charge on any atom is -0.483 e. The average Bonchev–Trinajstić information content (AvgIpc) is 3.36. The summed E-state index contributed by atoms with van der Waals surface area (Å²) in [6.07, 6.45) is 4.91. The van der Waals surface area contributed by atoms with E-state index in [9.17, 15) is 4.79 Å². The van der Waals surface area contributed by atoms with Crippen molar-refractivity contribution in [1.29, 1.82) is 0 Å². The van der Waals surface area contributed by atoms with E-state index in [0.29, 0.717) is 29.3 Å². The Hall–Kier alpha value is -1.26. The van der Waals surface area contributed by atoms with Crippen LogP contribution in [0.25, 0.3) is 0 Å². The maximum absolute atomic E-state index is 11.7. The summed E-state index contributed by atoms with van der Waals surface area (Å²) in [5, 5.41) is 7.00. The van der Waals surface area contributed by atoms with E-state index in [-0.39, 0.29) is 12.5 Å². The summed E-state index contributed by atoms with van der Waals surface area (Å²) in [6.45, 7) is 1.50. The van der Waals surface area contributed by atoms with Crippen molar-refractivity contribution in [3.8, 4) is 5.75 Å². The maximum atomic E-state index is 11.7. The lowest BCUT2D eigenvalue weighted by molar-refractivity contribution is -0.123. The minimum absolute atomic E-state index is 0.0451. The summed E-state index contributed by atoms with van der Waals surface area (Å²) < 4.78 is 5.65. The van der Waals surface area contributed by atoms with E-state index in [1.165, 1.54) is 25.7 Å². The number of hydrogen-bond acceptors (Lipinski definition) is 3. The number of rotatable bonds is 8. The predicted octanol–water partition coefficient (Wildman–Crippen LogP) is 2.50. The standard InChI is InChI=1S/C16H21ClN2O2/c17-14-2-1-3-15(13(14)9-18-12-6-7-12)21-10-16(20)19-8-11-4-5-11/h1-3,11-12,18H,4-10H2,(H,19,20). The van der Waals surface area contributed by atoms with Gasteiger partial charge in [-0.2, -0.15) is 0 Å². The van der Waals surface area contributed by atoms with Gasteiger partial charge < -0.3 is 15.4 Å². The molecule has 0 heterocycles. The molecule has 0 aromatic heterocycles. The second-order valence-corrected chi connectivity index (χ2v) is 6.32. The Balaban J connectivity index is 1.52.